The lowest BCUT2D eigenvalue weighted by atomic mass is 9.79. The zero-order valence-electron chi connectivity index (χ0n) is 14.8. The van der Waals surface area contributed by atoms with E-state index in [4.69, 9.17) is 14.0 Å². The second-order valence-electron chi connectivity index (χ2n) is 6.89. The van der Waals surface area contributed by atoms with Crippen molar-refractivity contribution < 1.29 is 35.3 Å². The van der Waals surface area contributed by atoms with E-state index in [0.717, 1.165) is 11.2 Å². The van der Waals surface area contributed by atoms with Gasteiger partial charge in [-0.1, -0.05) is 12.1 Å². The minimum Gasteiger partial charge on any atom is -0.497 e. The fourth-order valence-corrected chi connectivity index (χ4v) is 4.58. The first-order chi connectivity index (χ1) is 11.3. The lowest BCUT2D eigenvalue weighted by Crippen LogP contribution is -3.61. The predicted octanol–water partition coefficient (Wildman–Crippen LogP) is 0.123. The Kier molecular flexibility index (Phi) is 4.95. The van der Waals surface area contributed by atoms with Gasteiger partial charge in [-0.15, -0.1) is 0 Å². The minimum atomic E-state index is -0.299. The molecule has 5 heteroatoms. The van der Waals surface area contributed by atoms with Crippen LogP contribution in [0.15, 0.2) is 48.5 Å². The van der Waals surface area contributed by atoms with Crippen LogP contribution in [0.2, 0.25) is 0 Å². The fourth-order valence-electron chi connectivity index (χ4n) is 2.42. The number of rotatable bonds is 4. The maximum Gasteiger partial charge on any atom is 0.494 e. The highest BCUT2D eigenvalue weighted by Crippen LogP contribution is 2.36. The molecule has 126 valence electrons. The quantitative estimate of drug-likeness (QED) is 0.503. The summed E-state index contributed by atoms with van der Waals surface area (Å²) in [6.07, 6.45) is 0. The highest BCUT2D eigenvalue weighted by molar-refractivity contribution is 6.62. The second kappa shape index (κ2) is 6.69. The van der Waals surface area contributed by atoms with Gasteiger partial charge >= 0.3 is 28.3 Å². The van der Waals surface area contributed by atoms with Crippen molar-refractivity contribution in [2.45, 2.75) is 38.9 Å². The molecule has 0 aliphatic carbocycles. The molecule has 24 heavy (non-hydrogen) atoms. The van der Waals surface area contributed by atoms with Crippen LogP contribution in [0.5, 0.6) is 5.75 Å². The molecule has 1 fully saturated rings. The van der Waals surface area contributed by atoms with Crippen LogP contribution in [0.1, 0.15) is 27.7 Å². The van der Waals surface area contributed by atoms with Crippen molar-refractivity contribution in [1.29, 1.82) is 0 Å². The van der Waals surface area contributed by atoms with Crippen LogP contribution in [0.3, 0.4) is 0 Å². The highest BCUT2D eigenvalue weighted by Gasteiger charge is 2.51. The van der Waals surface area contributed by atoms with E-state index in [1.165, 1.54) is 7.14 Å². The van der Waals surface area contributed by atoms with Crippen LogP contribution in [0, 0.1) is 7.14 Å². The molecule has 2 aromatic rings. The molecule has 1 aliphatic heterocycles. The topological polar surface area (TPSA) is 27.7 Å². The summed E-state index contributed by atoms with van der Waals surface area (Å²) in [4.78, 5) is 0. The number of methoxy groups -OCH3 is 1. The van der Waals surface area contributed by atoms with Gasteiger partial charge in [-0.05, 0) is 69.6 Å². The zero-order chi connectivity index (χ0) is 17.4. The molecule has 3 rings (SSSR count). The lowest BCUT2D eigenvalue weighted by Gasteiger charge is -2.32. The van der Waals surface area contributed by atoms with Crippen LogP contribution < -0.4 is 31.4 Å². The normalized spacial score (nSPS) is 18.6. The van der Waals surface area contributed by atoms with Gasteiger partial charge in [0, 0.05) is 0 Å². The zero-order valence-corrected chi connectivity index (χ0v) is 17.0. The molecule has 0 radical (unpaired) electrons. The van der Waals surface area contributed by atoms with E-state index < -0.39 is 0 Å². The van der Waals surface area contributed by atoms with Gasteiger partial charge in [-0.2, -0.15) is 0 Å². The molecule has 1 heterocycles. The van der Waals surface area contributed by atoms with E-state index >= 15 is 0 Å². The van der Waals surface area contributed by atoms with Crippen LogP contribution in [0.4, 0.5) is 0 Å². The van der Waals surface area contributed by atoms with E-state index in [1.54, 1.807) is 7.11 Å². The molecule has 0 unspecified atom stereocenters. The minimum absolute atomic E-state index is 0.191. The van der Waals surface area contributed by atoms with E-state index in [-0.39, 0.29) is 39.5 Å². The monoisotopic (exact) mass is 437 g/mol. The largest absolute Gasteiger partial charge is 0.497 e. The lowest BCUT2D eigenvalue weighted by molar-refractivity contribution is -0.597. The maximum absolute atomic E-state index is 6.11. The van der Waals surface area contributed by atoms with E-state index in [1.807, 2.05) is 12.1 Å². The SMILES string of the molecule is COc1ccc([I+]c2ccc(B3OC(C)(C)C(C)(C)O3)cc2)cc1. The summed E-state index contributed by atoms with van der Waals surface area (Å²) in [6.45, 7) is 8.32. The number of benzene rings is 2. The summed E-state index contributed by atoms with van der Waals surface area (Å²) < 4.78 is 20.2. The molecule has 0 saturated carbocycles. The average molecular weight is 437 g/mol. The molecular weight excluding hydrogens is 414 g/mol. The molecule has 3 nitrogen and oxygen atoms in total. The summed E-state index contributed by atoms with van der Waals surface area (Å²) in [5.41, 5.74) is 0.481. The van der Waals surface area contributed by atoms with E-state index in [9.17, 15) is 0 Å². The smallest absolute Gasteiger partial charge is 0.494 e. The Morgan fingerprint density at radius 1 is 0.792 bits per heavy atom. The number of hydrogen-bond donors (Lipinski definition) is 0. The van der Waals surface area contributed by atoms with Gasteiger partial charge in [0.05, 0.1) is 18.3 Å². The number of hydrogen-bond acceptors (Lipinski definition) is 3. The number of ether oxygens (including phenoxy) is 1. The standard InChI is InChI=1S/C19H23BIO3/c1-18(2)19(3,4)24-20(23-18)14-6-8-15(9-7-14)21-16-10-12-17(22-5)13-11-16/h6-13H,1-5H3/q+1. The van der Waals surface area contributed by atoms with Crippen molar-refractivity contribution in [1.82, 2.24) is 0 Å². The van der Waals surface area contributed by atoms with Crippen LogP contribution in [-0.4, -0.2) is 25.4 Å². The Labute approximate surface area is 155 Å². The number of halogens is 1. The Bertz CT molecular complexity index is 680. The van der Waals surface area contributed by atoms with Crippen molar-refractivity contribution >= 4 is 12.6 Å². The maximum atomic E-state index is 6.11. The van der Waals surface area contributed by atoms with Gasteiger partial charge in [0.1, 0.15) is 5.75 Å². The highest BCUT2D eigenvalue weighted by atomic mass is 127. The van der Waals surface area contributed by atoms with Gasteiger partial charge in [0.2, 0.25) is 0 Å². The van der Waals surface area contributed by atoms with Crippen molar-refractivity contribution in [2.75, 3.05) is 7.11 Å². The summed E-state index contributed by atoms with van der Waals surface area (Å²) in [7, 11) is 1.40. The van der Waals surface area contributed by atoms with Crippen molar-refractivity contribution in [2.24, 2.45) is 0 Å². The molecule has 0 aromatic heterocycles. The second-order valence-corrected chi connectivity index (χ2v) is 9.92. The van der Waals surface area contributed by atoms with Crippen molar-refractivity contribution in [3.63, 3.8) is 0 Å². The Hall–Kier alpha value is -1.05. The first-order valence-corrected chi connectivity index (χ1v) is 10.2. The average Bonchev–Trinajstić information content (AvgIpc) is 2.77. The first kappa shape index (κ1) is 17.8. The molecule has 0 N–H and O–H groups in total. The molecule has 0 spiro atoms. The van der Waals surface area contributed by atoms with Gasteiger partial charge < -0.3 is 14.0 Å². The van der Waals surface area contributed by atoms with Gasteiger partial charge in [0.25, 0.3) is 0 Å². The van der Waals surface area contributed by atoms with Crippen molar-refractivity contribution in [3.05, 3.63) is 55.7 Å². The summed E-state index contributed by atoms with van der Waals surface area (Å²) >= 11 is -0.191. The molecule has 0 atom stereocenters. The van der Waals surface area contributed by atoms with Crippen LogP contribution in [-0.2, 0) is 9.31 Å². The predicted molar refractivity (Wildman–Crippen MR) is 92.5 cm³/mol. The Morgan fingerprint density at radius 2 is 1.25 bits per heavy atom. The van der Waals surface area contributed by atoms with Crippen LogP contribution in [0.25, 0.3) is 0 Å². The first-order valence-electron chi connectivity index (χ1n) is 8.05. The summed E-state index contributed by atoms with van der Waals surface area (Å²) in [5, 5.41) is 0. The third-order valence-electron chi connectivity index (χ3n) is 4.66. The molecule has 2 aromatic carbocycles. The van der Waals surface area contributed by atoms with E-state index in [0.29, 0.717) is 0 Å². The van der Waals surface area contributed by atoms with Gasteiger partial charge in [-0.3, -0.25) is 0 Å². The van der Waals surface area contributed by atoms with Gasteiger partial charge in [-0.25, -0.2) is 0 Å². The molecule has 1 aliphatic rings. The molecule has 0 amide bonds. The van der Waals surface area contributed by atoms with Crippen molar-refractivity contribution in [3.8, 4) is 5.75 Å². The fraction of sp³-hybridized carbons (Fsp3) is 0.368. The van der Waals surface area contributed by atoms with Crippen LogP contribution >= 0.6 is 0 Å². The van der Waals surface area contributed by atoms with Gasteiger partial charge in [0.15, 0.2) is 7.14 Å². The molecule has 0 bridgehead atoms. The Morgan fingerprint density at radius 3 is 1.71 bits per heavy atom. The molecular formula is C19H23BIO3+. The summed E-state index contributed by atoms with van der Waals surface area (Å²) in [6, 6.07) is 17.0. The molecule has 1 saturated heterocycles. The van der Waals surface area contributed by atoms with E-state index in [2.05, 4.69) is 64.1 Å². The third kappa shape index (κ3) is 3.63. The Balaban J connectivity index is 1.69. The summed E-state index contributed by atoms with van der Waals surface area (Å²) in [5.74, 6) is 0.902. The third-order valence-corrected chi connectivity index (χ3v) is 7.35.